The third kappa shape index (κ3) is 7.03. The van der Waals surface area contributed by atoms with Gasteiger partial charge in [-0.3, -0.25) is 0 Å². The average molecular weight is 378 g/mol. The van der Waals surface area contributed by atoms with Crippen LogP contribution in [-0.4, -0.2) is 36.0 Å². The molecule has 0 unspecified atom stereocenters. The summed E-state index contributed by atoms with van der Waals surface area (Å²) in [4.78, 5) is 8.26. The Morgan fingerprint density at radius 2 is 2.00 bits per heavy atom. The fourth-order valence-electron chi connectivity index (χ4n) is 1.13. The van der Waals surface area contributed by atoms with Gasteiger partial charge in [-0.2, -0.15) is 0 Å². The predicted molar refractivity (Wildman–Crippen MR) is 81.2 cm³/mol. The van der Waals surface area contributed by atoms with Gasteiger partial charge in [-0.15, -0.1) is 0 Å². The van der Waals surface area contributed by atoms with Crippen molar-refractivity contribution in [3.63, 3.8) is 0 Å². The summed E-state index contributed by atoms with van der Waals surface area (Å²) in [5, 5.41) is 0.757. The third-order valence-electron chi connectivity index (χ3n) is 1.98. The number of thioether (sulfide) groups is 1. The van der Waals surface area contributed by atoms with Crippen molar-refractivity contribution >= 4 is 34.4 Å². The smallest absolute Gasteiger partial charge is 0.187 e. The summed E-state index contributed by atoms with van der Waals surface area (Å²) in [6.07, 6.45) is 7.25. The van der Waals surface area contributed by atoms with Gasteiger partial charge in [0.2, 0.25) is 0 Å². The molecule has 18 heavy (non-hydrogen) atoms. The Kier molecular flexibility index (Phi) is 8.98. The van der Waals surface area contributed by atoms with Crippen molar-refractivity contribution in [1.29, 1.82) is 0 Å². The van der Waals surface area contributed by atoms with E-state index in [1.165, 1.54) is 11.8 Å². The highest BCUT2D eigenvalue weighted by atomic mass is 127. The maximum absolute atomic E-state index is 5.51. The Morgan fingerprint density at radius 1 is 1.28 bits per heavy atom. The third-order valence-corrected chi connectivity index (χ3v) is 2.94. The van der Waals surface area contributed by atoms with Crippen LogP contribution in [0.1, 0.15) is 12.8 Å². The molecule has 0 aliphatic rings. The van der Waals surface area contributed by atoms with Gasteiger partial charge >= 0.3 is 0 Å². The lowest BCUT2D eigenvalue weighted by Gasteiger charge is -2.05. The molecule has 0 bridgehead atoms. The molecule has 1 heterocycles. The first-order valence-corrected chi connectivity index (χ1v) is 7.82. The van der Waals surface area contributed by atoms with Gasteiger partial charge in [0.05, 0.1) is 19.0 Å². The molecule has 0 spiro atoms. The lowest BCUT2D eigenvalue weighted by Crippen LogP contribution is -2.01. The highest BCUT2D eigenvalue weighted by Gasteiger charge is 1.97. The molecular weight excluding hydrogens is 363 g/mol. The molecule has 4 nitrogen and oxygen atoms in total. The monoisotopic (exact) mass is 378 g/mol. The first-order chi connectivity index (χ1) is 8.86. The molecule has 0 fully saturated rings. The van der Waals surface area contributed by atoms with Gasteiger partial charge in [0.25, 0.3) is 0 Å². The highest BCUT2D eigenvalue weighted by molar-refractivity contribution is 14.1. The lowest BCUT2D eigenvalue weighted by atomic mass is 10.3. The van der Waals surface area contributed by atoms with E-state index < -0.39 is 0 Å². The minimum Gasteiger partial charge on any atom is -0.490 e. The zero-order chi connectivity index (χ0) is 13.1. The number of ether oxygens (including phenoxy) is 2. The minimum absolute atomic E-state index is 0.508. The van der Waals surface area contributed by atoms with Gasteiger partial charge in [-0.25, -0.2) is 9.97 Å². The normalized spacial score (nSPS) is 9.67. The first kappa shape index (κ1) is 15.5. The standard InChI is InChI=1S/C12H15IN2O2S/c1-18-12-14-9-11(10-15-12)17-8-3-2-6-16-7-4-5-13/h9-10H,2-3,6-8H2,1H3. The fraction of sp³-hybridized carbons (Fsp3) is 0.500. The van der Waals surface area contributed by atoms with E-state index in [9.17, 15) is 0 Å². The molecule has 0 saturated heterocycles. The zero-order valence-corrected chi connectivity index (χ0v) is 13.2. The van der Waals surface area contributed by atoms with Gasteiger partial charge in [0.15, 0.2) is 10.9 Å². The Bertz CT molecular complexity index is 389. The second-order valence-corrected chi connectivity index (χ2v) is 4.60. The molecule has 0 N–H and O–H groups in total. The Hall–Kier alpha value is -0.520. The molecule has 98 valence electrons. The topological polar surface area (TPSA) is 44.2 Å². The van der Waals surface area contributed by atoms with Gasteiger partial charge in [-0.05, 0) is 23.0 Å². The number of halogens is 1. The van der Waals surface area contributed by atoms with Crippen LogP contribution in [0, 0.1) is 9.85 Å². The van der Waals surface area contributed by atoms with Crippen molar-refractivity contribution in [2.24, 2.45) is 0 Å². The van der Waals surface area contributed by atoms with Crippen LogP contribution in [-0.2, 0) is 4.74 Å². The molecule has 1 aromatic heterocycles. The summed E-state index contributed by atoms with van der Waals surface area (Å²) in [7, 11) is 0. The molecule has 0 saturated carbocycles. The van der Waals surface area contributed by atoms with E-state index in [2.05, 4.69) is 19.8 Å². The van der Waals surface area contributed by atoms with E-state index in [0.717, 1.165) is 24.6 Å². The maximum Gasteiger partial charge on any atom is 0.187 e. The number of aromatic nitrogens is 2. The van der Waals surface area contributed by atoms with E-state index in [4.69, 9.17) is 9.47 Å². The van der Waals surface area contributed by atoms with E-state index in [1.807, 2.05) is 28.8 Å². The van der Waals surface area contributed by atoms with Crippen molar-refractivity contribution in [2.75, 3.05) is 26.1 Å². The van der Waals surface area contributed by atoms with Crippen LogP contribution in [0.15, 0.2) is 17.6 Å². The van der Waals surface area contributed by atoms with Crippen LogP contribution >= 0.6 is 34.4 Å². The first-order valence-electron chi connectivity index (χ1n) is 5.52. The van der Waals surface area contributed by atoms with E-state index in [0.29, 0.717) is 19.0 Å². The highest BCUT2D eigenvalue weighted by Crippen LogP contribution is 2.12. The van der Waals surface area contributed by atoms with Crippen molar-refractivity contribution in [3.8, 4) is 15.6 Å². The van der Waals surface area contributed by atoms with E-state index in [-0.39, 0.29) is 0 Å². The Labute approximate surface area is 125 Å². The molecule has 0 aliphatic carbocycles. The number of hydrogen-bond donors (Lipinski definition) is 0. The fourth-order valence-corrected chi connectivity index (χ4v) is 1.60. The van der Waals surface area contributed by atoms with Crippen LogP contribution in [0.4, 0.5) is 0 Å². The maximum atomic E-state index is 5.51. The van der Waals surface area contributed by atoms with Crippen LogP contribution < -0.4 is 4.74 Å². The van der Waals surface area contributed by atoms with Crippen LogP contribution in [0.5, 0.6) is 5.75 Å². The molecule has 0 radical (unpaired) electrons. The quantitative estimate of drug-likeness (QED) is 0.229. The van der Waals surface area contributed by atoms with Gasteiger partial charge in [-0.1, -0.05) is 17.7 Å². The summed E-state index contributed by atoms with van der Waals surface area (Å²) in [6.45, 7) is 1.88. The van der Waals surface area contributed by atoms with Crippen molar-refractivity contribution in [3.05, 3.63) is 12.4 Å². The second-order valence-electron chi connectivity index (χ2n) is 3.28. The van der Waals surface area contributed by atoms with Crippen molar-refractivity contribution in [2.45, 2.75) is 18.0 Å². The number of nitrogens with zero attached hydrogens (tertiary/aromatic N) is 2. The summed E-state index contributed by atoms with van der Waals surface area (Å²) in [6, 6.07) is 0. The van der Waals surface area contributed by atoms with Crippen molar-refractivity contribution < 1.29 is 9.47 Å². The Balaban J connectivity index is 2.04. The van der Waals surface area contributed by atoms with Crippen LogP contribution in [0.2, 0.25) is 0 Å². The average Bonchev–Trinajstić information content (AvgIpc) is 2.42. The van der Waals surface area contributed by atoms with E-state index >= 15 is 0 Å². The summed E-state index contributed by atoms with van der Waals surface area (Å²) in [5.74, 6) is 3.55. The number of unbranched alkanes of at least 4 members (excludes halogenated alkanes) is 1. The number of rotatable bonds is 8. The molecule has 0 aromatic carbocycles. The molecular formula is C12H15IN2O2S. The van der Waals surface area contributed by atoms with E-state index in [1.54, 1.807) is 12.4 Å². The van der Waals surface area contributed by atoms with Crippen LogP contribution in [0.25, 0.3) is 0 Å². The molecule has 0 amide bonds. The summed E-state index contributed by atoms with van der Waals surface area (Å²) >= 11 is 3.51. The predicted octanol–water partition coefficient (Wildman–Crippen LogP) is 2.77. The molecule has 1 aromatic rings. The molecule has 0 aliphatic heterocycles. The molecule has 6 heteroatoms. The largest absolute Gasteiger partial charge is 0.490 e. The summed E-state index contributed by atoms with van der Waals surface area (Å²) < 4.78 is 13.6. The molecule has 1 rings (SSSR count). The lowest BCUT2D eigenvalue weighted by molar-refractivity contribution is 0.156. The zero-order valence-electron chi connectivity index (χ0n) is 10.2. The van der Waals surface area contributed by atoms with Gasteiger partial charge < -0.3 is 9.47 Å². The summed E-state index contributed by atoms with van der Waals surface area (Å²) in [5.41, 5.74) is 0. The molecule has 0 atom stereocenters. The van der Waals surface area contributed by atoms with Crippen LogP contribution in [0.3, 0.4) is 0 Å². The number of hydrogen-bond acceptors (Lipinski definition) is 5. The Morgan fingerprint density at radius 3 is 2.67 bits per heavy atom. The van der Waals surface area contributed by atoms with Crippen molar-refractivity contribution in [1.82, 2.24) is 9.97 Å². The van der Waals surface area contributed by atoms with Gasteiger partial charge in [0, 0.05) is 29.2 Å². The SMILES string of the molecule is CSc1ncc(OCCCCOCC#CI)cn1. The minimum atomic E-state index is 0.508. The van der Waals surface area contributed by atoms with Gasteiger partial charge in [0.1, 0.15) is 6.61 Å². The second kappa shape index (κ2) is 10.4.